The maximum absolute atomic E-state index is 13.6. The molecule has 0 fully saturated rings. The van der Waals surface area contributed by atoms with Gasteiger partial charge in [-0.05, 0) is 79.8 Å². The Morgan fingerprint density at radius 1 is 1.00 bits per heavy atom. The van der Waals surface area contributed by atoms with Crippen LogP contribution in [0, 0.1) is 6.92 Å². The van der Waals surface area contributed by atoms with Gasteiger partial charge in [0.1, 0.15) is 17.6 Å². The molecule has 8 nitrogen and oxygen atoms in total. The second kappa shape index (κ2) is 13.8. The summed E-state index contributed by atoms with van der Waals surface area (Å²) in [7, 11) is 0. The van der Waals surface area contributed by atoms with Crippen LogP contribution in [-0.2, 0) is 33.3 Å². The predicted molar refractivity (Wildman–Crippen MR) is 157 cm³/mol. The van der Waals surface area contributed by atoms with Crippen molar-refractivity contribution in [1.29, 1.82) is 0 Å². The maximum Gasteiger partial charge on any atom is 0.417 e. The summed E-state index contributed by atoms with van der Waals surface area (Å²) in [5.41, 5.74) is 8.05. The van der Waals surface area contributed by atoms with Crippen molar-refractivity contribution >= 4 is 11.9 Å². The van der Waals surface area contributed by atoms with Crippen LogP contribution in [0.5, 0.6) is 5.75 Å². The molecule has 0 saturated carbocycles. The van der Waals surface area contributed by atoms with E-state index in [-0.39, 0.29) is 37.0 Å². The second-order valence-corrected chi connectivity index (χ2v) is 10.5. The van der Waals surface area contributed by atoms with Crippen molar-refractivity contribution in [2.24, 2.45) is 5.73 Å². The molecule has 0 amide bonds. The minimum atomic E-state index is -4.50. The molecule has 4 rings (SSSR count). The largest absolute Gasteiger partial charge is 0.493 e. The van der Waals surface area contributed by atoms with Gasteiger partial charge in [0.15, 0.2) is 0 Å². The number of nitrogens with two attached hydrogens (primary N) is 1. The number of oxazole rings is 1. The molecule has 232 valence electrons. The molecule has 11 heteroatoms. The van der Waals surface area contributed by atoms with Gasteiger partial charge in [-0.3, -0.25) is 4.79 Å². The first-order valence-electron chi connectivity index (χ1n) is 14.0. The van der Waals surface area contributed by atoms with Gasteiger partial charge in [-0.2, -0.15) is 13.2 Å². The molecule has 0 aliphatic rings. The van der Waals surface area contributed by atoms with E-state index < -0.39 is 29.7 Å². The van der Waals surface area contributed by atoms with E-state index in [4.69, 9.17) is 24.7 Å². The van der Waals surface area contributed by atoms with Gasteiger partial charge >= 0.3 is 18.1 Å². The molecule has 1 aromatic heterocycles. The molecule has 1 atom stereocenters. The van der Waals surface area contributed by atoms with Crippen LogP contribution in [0.15, 0.2) is 71.1 Å². The van der Waals surface area contributed by atoms with Crippen molar-refractivity contribution in [3.8, 4) is 28.3 Å². The molecule has 3 N–H and O–H groups in total. The third kappa shape index (κ3) is 8.04. The Morgan fingerprint density at radius 2 is 1.73 bits per heavy atom. The topological polar surface area (TPSA) is 125 Å². The maximum atomic E-state index is 13.6. The smallest absolute Gasteiger partial charge is 0.417 e. The summed E-state index contributed by atoms with van der Waals surface area (Å²) < 4.78 is 57.8. The monoisotopic (exact) mass is 610 g/mol. The zero-order valence-electron chi connectivity index (χ0n) is 24.5. The fourth-order valence-electron chi connectivity index (χ4n) is 4.70. The van der Waals surface area contributed by atoms with E-state index in [1.54, 1.807) is 69.3 Å². The minimum Gasteiger partial charge on any atom is -0.493 e. The number of aryl methyl sites for hydroxylation is 2. The first-order chi connectivity index (χ1) is 20.8. The third-order valence-corrected chi connectivity index (χ3v) is 6.82. The standard InChI is InChI=1S/C33H33F3N2O6/c1-19(2)43-32(41)30(37)26-18-24(13-11-21(26)12-14-29(39)40)42-16-15-28-20(3)44-31(38-28)23-8-6-7-22(17-23)25-9-4-5-10-27(25)33(34,35)36/h4-11,13,17-19,30H,12,14-16,37H2,1-3H3,(H,39,40). The third-order valence-electron chi connectivity index (χ3n) is 6.82. The quantitative estimate of drug-likeness (QED) is 0.166. The Balaban J connectivity index is 1.49. The fraction of sp³-hybridized carbons (Fsp3) is 0.303. The van der Waals surface area contributed by atoms with E-state index in [0.717, 1.165) is 6.07 Å². The summed E-state index contributed by atoms with van der Waals surface area (Å²) in [6, 6.07) is 15.8. The number of rotatable bonds is 12. The summed E-state index contributed by atoms with van der Waals surface area (Å²) in [5, 5.41) is 9.11. The molecule has 3 aromatic carbocycles. The van der Waals surface area contributed by atoms with Gasteiger partial charge in [0.05, 0.1) is 24.0 Å². The number of carbonyl (C=O) groups is 2. The van der Waals surface area contributed by atoms with Crippen molar-refractivity contribution in [1.82, 2.24) is 4.98 Å². The van der Waals surface area contributed by atoms with Gasteiger partial charge in [-0.1, -0.05) is 36.4 Å². The average Bonchev–Trinajstić information content (AvgIpc) is 3.35. The zero-order chi connectivity index (χ0) is 32.0. The highest BCUT2D eigenvalue weighted by molar-refractivity contribution is 5.78. The molecule has 0 aliphatic carbocycles. The number of hydrogen-bond donors (Lipinski definition) is 2. The number of carbonyl (C=O) groups excluding carboxylic acids is 1. The van der Waals surface area contributed by atoms with E-state index in [2.05, 4.69) is 4.98 Å². The lowest BCUT2D eigenvalue weighted by atomic mass is 9.97. The minimum absolute atomic E-state index is 0.0595. The molecule has 0 spiro atoms. The first-order valence-corrected chi connectivity index (χ1v) is 14.0. The molecular formula is C33H33F3N2O6. The number of carboxylic acid groups (broad SMARTS) is 1. The lowest BCUT2D eigenvalue weighted by molar-refractivity contribution is -0.149. The molecular weight excluding hydrogens is 577 g/mol. The normalized spacial score (nSPS) is 12.3. The van der Waals surface area contributed by atoms with E-state index in [1.807, 2.05) is 0 Å². The number of hydrogen-bond acceptors (Lipinski definition) is 7. The van der Waals surface area contributed by atoms with Crippen molar-refractivity contribution in [3.63, 3.8) is 0 Å². The van der Waals surface area contributed by atoms with Crippen molar-refractivity contribution in [3.05, 3.63) is 94.9 Å². The summed E-state index contributed by atoms with van der Waals surface area (Å²) in [4.78, 5) is 28.2. The molecule has 1 unspecified atom stereocenters. The summed E-state index contributed by atoms with van der Waals surface area (Å²) in [6.45, 7) is 5.34. The van der Waals surface area contributed by atoms with Gasteiger partial charge in [0.2, 0.25) is 5.89 Å². The Hall–Kier alpha value is -4.64. The average molecular weight is 611 g/mol. The Labute approximate surface area is 252 Å². The highest BCUT2D eigenvalue weighted by Gasteiger charge is 2.33. The molecule has 0 aliphatic heterocycles. The summed E-state index contributed by atoms with van der Waals surface area (Å²) >= 11 is 0. The first kappa shape index (κ1) is 32.3. The number of esters is 1. The summed E-state index contributed by atoms with van der Waals surface area (Å²) in [5.74, 6) is -0.388. The number of aromatic nitrogens is 1. The van der Waals surface area contributed by atoms with Crippen LogP contribution in [0.3, 0.4) is 0 Å². The van der Waals surface area contributed by atoms with E-state index in [1.165, 1.54) is 12.1 Å². The number of carboxylic acids is 1. The molecule has 0 saturated heterocycles. The zero-order valence-corrected chi connectivity index (χ0v) is 24.5. The molecule has 0 radical (unpaired) electrons. The molecule has 44 heavy (non-hydrogen) atoms. The summed E-state index contributed by atoms with van der Waals surface area (Å²) in [6.07, 6.45) is -4.48. The van der Waals surface area contributed by atoms with Crippen LogP contribution in [0.1, 0.15) is 54.5 Å². The number of nitrogens with zero attached hydrogens (tertiary/aromatic N) is 1. The molecule has 4 aromatic rings. The number of halogens is 3. The van der Waals surface area contributed by atoms with Crippen LogP contribution >= 0.6 is 0 Å². The highest BCUT2D eigenvalue weighted by Crippen LogP contribution is 2.38. The number of benzene rings is 3. The van der Waals surface area contributed by atoms with Crippen LogP contribution in [0.4, 0.5) is 13.2 Å². The highest BCUT2D eigenvalue weighted by atomic mass is 19.4. The fourth-order valence-corrected chi connectivity index (χ4v) is 4.70. The number of alkyl halides is 3. The molecule has 0 bridgehead atoms. The van der Waals surface area contributed by atoms with Crippen LogP contribution in [-0.4, -0.2) is 34.7 Å². The van der Waals surface area contributed by atoms with E-state index in [9.17, 15) is 22.8 Å². The second-order valence-electron chi connectivity index (χ2n) is 10.5. The predicted octanol–water partition coefficient (Wildman–Crippen LogP) is 6.93. The van der Waals surface area contributed by atoms with Gasteiger partial charge < -0.3 is 24.7 Å². The van der Waals surface area contributed by atoms with Gasteiger partial charge in [-0.15, -0.1) is 0 Å². The van der Waals surface area contributed by atoms with Gasteiger partial charge in [0, 0.05) is 18.4 Å². The number of ether oxygens (including phenoxy) is 2. The van der Waals surface area contributed by atoms with Crippen LogP contribution in [0.2, 0.25) is 0 Å². The van der Waals surface area contributed by atoms with Crippen LogP contribution in [0.25, 0.3) is 22.6 Å². The molecule has 1 heterocycles. The van der Waals surface area contributed by atoms with Crippen molar-refractivity contribution < 1.29 is 41.8 Å². The Morgan fingerprint density at radius 3 is 2.43 bits per heavy atom. The SMILES string of the molecule is Cc1oc(-c2cccc(-c3ccccc3C(F)(F)F)c2)nc1CCOc1ccc(CCC(=O)O)c(C(N)C(=O)OC(C)C)c1. The van der Waals surface area contributed by atoms with Gasteiger partial charge in [-0.25, -0.2) is 9.78 Å². The van der Waals surface area contributed by atoms with E-state index in [0.29, 0.717) is 45.9 Å². The number of aliphatic carboxylic acids is 1. The van der Waals surface area contributed by atoms with Crippen molar-refractivity contribution in [2.45, 2.75) is 58.4 Å². The lowest BCUT2D eigenvalue weighted by Crippen LogP contribution is -2.27. The lowest BCUT2D eigenvalue weighted by Gasteiger charge is -2.18. The van der Waals surface area contributed by atoms with Crippen LogP contribution < -0.4 is 10.5 Å². The van der Waals surface area contributed by atoms with Gasteiger partial charge in [0.25, 0.3) is 0 Å². The van der Waals surface area contributed by atoms with E-state index >= 15 is 0 Å². The van der Waals surface area contributed by atoms with Crippen molar-refractivity contribution in [2.75, 3.05) is 6.61 Å². The Bertz CT molecular complexity index is 1630. The Kier molecular flexibility index (Phi) is 10.1.